The molecular weight excluding hydrogens is 256 g/mol. The van der Waals surface area contributed by atoms with Gasteiger partial charge in [0.25, 0.3) is 0 Å². The van der Waals surface area contributed by atoms with Crippen LogP contribution in [0.2, 0.25) is 0 Å². The maximum absolute atomic E-state index is 6.24. The molecule has 0 aliphatic rings. The van der Waals surface area contributed by atoms with E-state index < -0.39 is 0 Å². The molecule has 0 heterocycles. The molecule has 0 saturated heterocycles. The van der Waals surface area contributed by atoms with Crippen LogP contribution in [0.25, 0.3) is 0 Å². The molecule has 0 spiro atoms. The van der Waals surface area contributed by atoms with Gasteiger partial charge in [-0.25, -0.2) is 0 Å². The molecule has 2 rings (SSSR count). The van der Waals surface area contributed by atoms with Crippen LogP contribution in [0.15, 0.2) is 42.5 Å². The topological polar surface area (TPSA) is 0 Å². The number of rotatable bonds is 3. The maximum atomic E-state index is 6.24. The van der Waals surface area contributed by atoms with Crippen LogP contribution in [-0.2, 0) is 0 Å². The van der Waals surface area contributed by atoms with E-state index in [0.717, 1.165) is 0 Å². The van der Waals surface area contributed by atoms with Gasteiger partial charge in [0.2, 0.25) is 0 Å². The van der Waals surface area contributed by atoms with Crippen LogP contribution in [0.4, 0.5) is 0 Å². The van der Waals surface area contributed by atoms with Gasteiger partial charge in [0, 0.05) is 0 Å². The fourth-order valence-electron chi connectivity index (χ4n) is 2.16. The quantitative estimate of drug-likeness (QED) is 0.594. The Hall–Kier alpha value is -1.05. The summed E-state index contributed by atoms with van der Waals surface area (Å²) in [5, 5.41) is 2.81. The van der Waals surface area contributed by atoms with Gasteiger partial charge in [0.05, 0.1) is 5.38 Å². The van der Waals surface area contributed by atoms with Gasteiger partial charge in [-0.2, -0.15) is 0 Å². The largest absolute Gasteiger partial charge is 0.121 e. The highest BCUT2D eigenvalue weighted by molar-refractivity contribution is 6.68. The van der Waals surface area contributed by atoms with E-state index in [0.29, 0.717) is 9.52 Å². The van der Waals surface area contributed by atoms with E-state index in [4.69, 9.17) is 11.6 Å². The zero-order valence-corrected chi connectivity index (χ0v) is 12.8. The first-order valence-corrected chi connectivity index (χ1v) is 7.58. The third-order valence-electron chi connectivity index (χ3n) is 2.89. The molecule has 2 heteroatoms. The summed E-state index contributed by atoms with van der Waals surface area (Å²) in [7, 11) is 0.677. The SMILES string of the molecule is Cc1cc(C)cc([Si]c2ccccc2C(C)Cl)c1. The van der Waals surface area contributed by atoms with Gasteiger partial charge in [0.1, 0.15) is 9.52 Å². The third kappa shape index (κ3) is 3.24. The fraction of sp³-hybridized carbons (Fsp3) is 0.250. The van der Waals surface area contributed by atoms with Gasteiger partial charge >= 0.3 is 0 Å². The van der Waals surface area contributed by atoms with E-state index in [1.54, 1.807) is 0 Å². The predicted octanol–water partition coefficient (Wildman–Crippen LogP) is 3.26. The molecule has 1 unspecified atom stereocenters. The first kappa shape index (κ1) is 13.4. The first-order chi connectivity index (χ1) is 8.56. The molecule has 0 nitrogen and oxygen atoms in total. The number of hydrogen-bond acceptors (Lipinski definition) is 0. The lowest BCUT2D eigenvalue weighted by Gasteiger charge is -2.11. The summed E-state index contributed by atoms with van der Waals surface area (Å²) in [4.78, 5) is 0. The molecule has 0 aromatic heterocycles. The van der Waals surface area contributed by atoms with Crippen molar-refractivity contribution in [3.05, 3.63) is 59.2 Å². The molecule has 92 valence electrons. The van der Waals surface area contributed by atoms with E-state index in [2.05, 4.69) is 56.3 Å². The minimum Gasteiger partial charge on any atom is -0.118 e. The van der Waals surface area contributed by atoms with E-state index in [1.807, 2.05) is 6.92 Å². The first-order valence-electron chi connectivity index (χ1n) is 6.14. The second kappa shape index (κ2) is 5.72. The van der Waals surface area contributed by atoms with Crippen molar-refractivity contribution in [1.82, 2.24) is 0 Å². The molecule has 2 aromatic carbocycles. The highest BCUT2D eigenvalue weighted by atomic mass is 35.5. The van der Waals surface area contributed by atoms with E-state index in [-0.39, 0.29) is 5.38 Å². The Morgan fingerprint density at radius 3 is 2.22 bits per heavy atom. The Labute approximate surface area is 117 Å². The van der Waals surface area contributed by atoms with Crippen molar-refractivity contribution >= 4 is 31.5 Å². The summed E-state index contributed by atoms with van der Waals surface area (Å²) in [6.07, 6.45) is 0. The number of aryl methyl sites for hydroxylation is 2. The van der Waals surface area contributed by atoms with Crippen molar-refractivity contribution < 1.29 is 0 Å². The van der Waals surface area contributed by atoms with Crippen molar-refractivity contribution in [3.63, 3.8) is 0 Å². The van der Waals surface area contributed by atoms with Gasteiger partial charge in [-0.3, -0.25) is 0 Å². The molecule has 0 fully saturated rings. The zero-order chi connectivity index (χ0) is 13.1. The van der Waals surface area contributed by atoms with Gasteiger partial charge in [-0.05, 0) is 26.3 Å². The molecule has 0 saturated carbocycles. The number of benzene rings is 2. The van der Waals surface area contributed by atoms with Crippen LogP contribution in [0.1, 0.15) is 29.0 Å². The van der Waals surface area contributed by atoms with Crippen LogP contribution in [0, 0.1) is 13.8 Å². The van der Waals surface area contributed by atoms with Gasteiger partial charge in [-0.1, -0.05) is 64.0 Å². The highest BCUT2D eigenvalue weighted by Gasteiger charge is 2.09. The number of alkyl halides is 1. The lowest BCUT2D eigenvalue weighted by Crippen LogP contribution is -2.30. The summed E-state index contributed by atoms with van der Waals surface area (Å²) >= 11 is 6.24. The van der Waals surface area contributed by atoms with Crippen molar-refractivity contribution in [2.45, 2.75) is 26.1 Å². The van der Waals surface area contributed by atoms with Crippen molar-refractivity contribution in [1.29, 1.82) is 0 Å². The summed E-state index contributed by atoms with van der Waals surface area (Å²) in [6, 6.07) is 15.2. The zero-order valence-electron chi connectivity index (χ0n) is 11.0. The van der Waals surface area contributed by atoms with Gasteiger partial charge in [-0.15, -0.1) is 11.6 Å². The molecule has 0 aliphatic carbocycles. The molecule has 0 N–H and O–H groups in total. The normalized spacial score (nSPS) is 12.4. The molecule has 18 heavy (non-hydrogen) atoms. The fourth-order valence-corrected chi connectivity index (χ4v) is 3.98. The predicted molar refractivity (Wildman–Crippen MR) is 81.6 cm³/mol. The second-order valence-corrected chi connectivity index (χ2v) is 6.73. The second-order valence-electron chi connectivity index (χ2n) is 4.70. The Morgan fingerprint density at radius 1 is 1.00 bits per heavy atom. The Morgan fingerprint density at radius 2 is 1.61 bits per heavy atom. The molecule has 0 bridgehead atoms. The molecule has 0 amide bonds. The van der Waals surface area contributed by atoms with Crippen molar-refractivity contribution in [3.8, 4) is 0 Å². The summed E-state index contributed by atoms with van der Waals surface area (Å²) in [5.74, 6) is 0. The van der Waals surface area contributed by atoms with Crippen molar-refractivity contribution in [2.24, 2.45) is 0 Å². The summed E-state index contributed by atoms with van der Waals surface area (Å²) in [6.45, 7) is 6.33. The Kier molecular flexibility index (Phi) is 4.26. The standard InChI is InChI=1S/C16H17ClSi/c1-11-8-12(2)10-14(9-11)18-16-7-5-4-6-15(16)13(3)17/h4-10,13H,1-3H3. The third-order valence-corrected chi connectivity index (χ3v) is 4.43. The monoisotopic (exact) mass is 272 g/mol. The smallest absolute Gasteiger partial charge is 0.118 e. The molecule has 2 radical (unpaired) electrons. The summed E-state index contributed by atoms with van der Waals surface area (Å²) in [5.41, 5.74) is 3.90. The van der Waals surface area contributed by atoms with Crippen LogP contribution >= 0.6 is 11.6 Å². The van der Waals surface area contributed by atoms with Crippen molar-refractivity contribution in [2.75, 3.05) is 0 Å². The van der Waals surface area contributed by atoms with Crippen LogP contribution < -0.4 is 10.4 Å². The van der Waals surface area contributed by atoms with Gasteiger partial charge in [0.15, 0.2) is 0 Å². The lowest BCUT2D eigenvalue weighted by molar-refractivity contribution is 1.10. The molecule has 0 aliphatic heterocycles. The Balaban J connectivity index is 2.34. The van der Waals surface area contributed by atoms with Crippen LogP contribution in [0.5, 0.6) is 0 Å². The number of hydrogen-bond donors (Lipinski definition) is 0. The van der Waals surface area contributed by atoms with Gasteiger partial charge < -0.3 is 0 Å². The van der Waals surface area contributed by atoms with E-state index >= 15 is 0 Å². The molecule has 2 aromatic rings. The van der Waals surface area contributed by atoms with Crippen LogP contribution in [-0.4, -0.2) is 9.52 Å². The lowest BCUT2D eigenvalue weighted by atomic mass is 10.1. The van der Waals surface area contributed by atoms with E-state index in [1.165, 1.54) is 27.1 Å². The average molecular weight is 273 g/mol. The molecular formula is C16H17ClSi. The average Bonchev–Trinajstić information content (AvgIpc) is 2.27. The maximum Gasteiger partial charge on any atom is 0.121 e. The minimum absolute atomic E-state index is 0.0691. The number of halogens is 1. The van der Waals surface area contributed by atoms with Crippen LogP contribution in [0.3, 0.4) is 0 Å². The van der Waals surface area contributed by atoms with E-state index in [9.17, 15) is 0 Å². The highest BCUT2D eigenvalue weighted by Crippen LogP contribution is 2.16. The minimum atomic E-state index is 0.0691. The molecule has 1 atom stereocenters. The summed E-state index contributed by atoms with van der Waals surface area (Å²) < 4.78 is 0. The Bertz CT molecular complexity index is 526.